The first-order valence-corrected chi connectivity index (χ1v) is 9.21. The number of rotatable bonds is 5. The van der Waals surface area contributed by atoms with Crippen LogP contribution < -0.4 is 16.2 Å². The second-order valence-electron chi connectivity index (χ2n) is 6.28. The molecule has 3 rings (SSSR count). The van der Waals surface area contributed by atoms with Gasteiger partial charge in [-0.2, -0.15) is 0 Å². The van der Waals surface area contributed by atoms with E-state index in [4.69, 9.17) is 44.8 Å². The standard InChI is InChI=1S/C20H19Cl2N5O/c1-10-19(22)18(15(21)9-26-10)11(2)28-13-4-5-16(23)14(7-13)20(25)12-3-6-17(24)27-8-12/h3-9,11,25H,23H2,1-2H3,(H2,24,27)/t11-/m1/s1. The third-order valence-electron chi connectivity index (χ3n) is 4.27. The lowest BCUT2D eigenvalue weighted by molar-refractivity contribution is 0.227. The number of hydrogen-bond acceptors (Lipinski definition) is 6. The van der Waals surface area contributed by atoms with Gasteiger partial charge in [0, 0.05) is 34.8 Å². The lowest BCUT2D eigenvalue weighted by Crippen LogP contribution is -2.09. The number of benzene rings is 1. The highest BCUT2D eigenvalue weighted by Crippen LogP contribution is 2.35. The van der Waals surface area contributed by atoms with Crippen LogP contribution in [0.2, 0.25) is 10.0 Å². The summed E-state index contributed by atoms with van der Waals surface area (Å²) in [6.07, 6.45) is 2.66. The van der Waals surface area contributed by atoms with E-state index in [1.807, 2.05) is 6.92 Å². The molecular formula is C20H19Cl2N5O. The highest BCUT2D eigenvalue weighted by molar-refractivity contribution is 6.36. The van der Waals surface area contributed by atoms with Crippen LogP contribution in [-0.4, -0.2) is 15.7 Å². The van der Waals surface area contributed by atoms with Gasteiger partial charge in [0.05, 0.1) is 21.5 Å². The summed E-state index contributed by atoms with van der Waals surface area (Å²) in [6, 6.07) is 8.50. The van der Waals surface area contributed by atoms with E-state index in [2.05, 4.69) is 9.97 Å². The molecule has 1 atom stereocenters. The summed E-state index contributed by atoms with van der Waals surface area (Å²) in [5.74, 6) is 0.920. The minimum absolute atomic E-state index is 0.221. The van der Waals surface area contributed by atoms with Crippen LogP contribution >= 0.6 is 23.2 Å². The Hall–Kier alpha value is -2.83. The topological polar surface area (TPSA) is 111 Å². The molecule has 3 aromatic rings. The number of hydrogen-bond donors (Lipinski definition) is 3. The van der Waals surface area contributed by atoms with Crippen LogP contribution in [0, 0.1) is 12.3 Å². The largest absolute Gasteiger partial charge is 0.486 e. The van der Waals surface area contributed by atoms with Crippen LogP contribution in [0.15, 0.2) is 42.7 Å². The number of nitrogens with zero attached hydrogens (tertiary/aromatic N) is 2. The average molecular weight is 416 g/mol. The zero-order valence-electron chi connectivity index (χ0n) is 15.3. The Balaban J connectivity index is 1.91. The van der Waals surface area contributed by atoms with Crippen molar-refractivity contribution < 1.29 is 4.74 Å². The maximum atomic E-state index is 8.45. The monoisotopic (exact) mass is 415 g/mol. The first kappa shape index (κ1) is 19.9. The molecule has 1 aromatic carbocycles. The first-order valence-electron chi connectivity index (χ1n) is 8.45. The summed E-state index contributed by atoms with van der Waals surface area (Å²) in [5.41, 5.74) is 14.8. The van der Waals surface area contributed by atoms with E-state index >= 15 is 0 Å². The van der Waals surface area contributed by atoms with Crippen molar-refractivity contribution in [1.29, 1.82) is 5.41 Å². The van der Waals surface area contributed by atoms with Gasteiger partial charge in [-0.25, -0.2) is 4.98 Å². The van der Waals surface area contributed by atoms with Gasteiger partial charge in [-0.05, 0) is 44.2 Å². The molecule has 8 heteroatoms. The van der Waals surface area contributed by atoms with Crippen molar-refractivity contribution >= 4 is 40.4 Å². The summed E-state index contributed by atoms with van der Waals surface area (Å²) < 4.78 is 6.03. The van der Waals surface area contributed by atoms with E-state index in [-0.39, 0.29) is 5.71 Å². The van der Waals surface area contributed by atoms with Gasteiger partial charge in [-0.1, -0.05) is 23.2 Å². The zero-order chi connectivity index (χ0) is 20.4. The summed E-state index contributed by atoms with van der Waals surface area (Å²) in [7, 11) is 0. The molecule has 2 heterocycles. The molecule has 0 saturated heterocycles. The molecule has 0 spiro atoms. The van der Waals surface area contributed by atoms with Gasteiger partial charge >= 0.3 is 0 Å². The van der Waals surface area contributed by atoms with Crippen LogP contribution in [-0.2, 0) is 0 Å². The number of anilines is 2. The molecule has 6 nitrogen and oxygen atoms in total. The van der Waals surface area contributed by atoms with Crippen LogP contribution in [0.25, 0.3) is 0 Å². The molecule has 0 radical (unpaired) electrons. The van der Waals surface area contributed by atoms with Gasteiger partial charge in [0.15, 0.2) is 0 Å². The Morgan fingerprint density at radius 1 is 1.11 bits per heavy atom. The fraction of sp³-hybridized carbons (Fsp3) is 0.150. The van der Waals surface area contributed by atoms with E-state index in [1.54, 1.807) is 43.5 Å². The van der Waals surface area contributed by atoms with Crippen molar-refractivity contribution in [3.8, 4) is 5.75 Å². The van der Waals surface area contributed by atoms with E-state index in [0.29, 0.717) is 49.7 Å². The van der Waals surface area contributed by atoms with Crippen molar-refractivity contribution in [2.75, 3.05) is 11.5 Å². The van der Waals surface area contributed by atoms with Gasteiger partial charge in [-0.3, -0.25) is 10.4 Å². The van der Waals surface area contributed by atoms with Crippen LogP contribution in [0.3, 0.4) is 0 Å². The smallest absolute Gasteiger partial charge is 0.124 e. The second-order valence-corrected chi connectivity index (χ2v) is 7.06. The van der Waals surface area contributed by atoms with Crippen LogP contribution in [0.5, 0.6) is 5.75 Å². The van der Waals surface area contributed by atoms with E-state index in [9.17, 15) is 0 Å². The summed E-state index contributed by atoms with van der Waals surface area (Å²) >= 11 is 12.6. The Labute approximate surface area is 173 Å². The minimum Gasteiger partial charge on any atom is -0.486 e. The van der Waals surface area contributed by atoms with Crippen molar-refractivity contribution in [2.45, 2.75) is 20.0 Å². The molecule has 0 aliphatic rings. The van der Waals surface area contributed by atoms with Gasteiger partial charge in [0.1, 0.15) is 17.7 Å². The predicted octanol–water partition coefficient (Wildman–Crippen LogP) is 4.81. The Morgan fingerprint density at radius 2 is 1.86 bits per heavy atom. The Morgan fingerprint density at radius 3 is 2.54 bits per heavy atom. The number of ether oxygens (including phenoxy) is 1. The average Bonchev–Trinajstić information content (AvgIpc) is 2.66. The number of halogens is 2. The number of pyridine rings is 2. The van der Waals surface area contributed by atoms with Crippen LogP contribution in [0.1, 0.15) is 35.4 Å². The SMILES string of the molecule is Cc1ncc(Cl)c([C@@H](C)Oc2ccc(N)c(C(=N)c3ccc(N)nc3)c2)c1Cl. The first-order chi connectivity index (χ1) is 13.3. The van der Waals surface area contributed by atoms with Crippen molar-refractivity contribution in [2.24, 2.45) is 0 Å². The van der Waals surface area contributed by atoms with Gasteiger partial charge < -0.3 is 16.2 Å². The number of aromatic nitrogens is 2. The Bertz CT molecular complexity index is 1040. The number of nitrogens with one attached hydrogen (secondary N) is 1. The number of nitrogen functional groups attached to an aromatic ring is 2. The molecule has 28 heavy (non-hydrogen) atoms. The molecular weight excluding hydrogens is 397 g/mol. The van der Waals surface area contributed by atoms with Crippen molar-refractivity contribution in [3.05, 3.63) is 75.2 Å². The highest BCUT2D eigenvalue weighted by atomic mass is 35.5. The molecule has 0 bridgehead atoms. The molecule has 0 unspecified atom stereocenters. The Kier molecular flexibility index (Phi) is 5.72. The summed E-state index contributed by atoms with van der Waals surface area (Å²) in [4.78, 5) is 8.16. The van der Waals surface area contributed by atoms with Crippen LogP contribution in [0.4, 0.5) is 11.5 Å². The minimum atomic E-state index is -0.425. The molecule has 0 aliphatic heterocycles. The molecule has 0 fully saturated rings. The quantitative estimate of drug-likeness (QED) is 0.408. The maximum Gasteiger partial charge on any atom is 0.124 e. The number of nitrogens with two attached hydrogens (primary N) is 2. The molecule has 2 aromatic heterocycles. The summed E-state index contributed by atoms with van der Waals surface area (Å²) in [6.45, 7) is 3.65. The maximum absolute atomic E-state index is 8.45. The highest BCUT2D eigenvalue weighted by Gasteiger charge is 2.19. The van der Waals surface area contributed by atoms with E-state index in [1.165, 1.54) is 6.20 Å². The lowest BCUT2D eigenvalue weighted by Gasteiger charge is -2.19. The molecule has 0 saturated carbocycles. The van der Waals surface area contributed by atoms with Gasteiger partial charge in [0.25, 0.3) is 0 Å². The normalized spacial score (nSPS) is 11.9. The number of aryl methyl sites for hydroxylation is 1. The third kappa shape index (κ3) is 4.03. The third-order valence-corrected chi connectivity index (χ3v) is 5.05. The molecule has 5 N–H and O–H groups in total. The molecule has 0 amide bonds. The zero-order valence-corrected chi connectivity index (χ0v) is 16.8. The lowest BCUT2D eigenvalue weighted by atomic mass is 10.0. The molecule has 144 valence electrons. The second kappa shape index (κ2) is 8.04. The van der Waals surface area contributed by atoms with Gasteiger partial charge in [-0.15, -0.1) is 0 Å². The van der Waals surface area contributed by atoms with E-state index < -0.39 is 6.10 Å². The molecule has 0 aliphatic carbocycles. The summed E-state index contributed by atoms with van der Waals surface area (Å²) in [5, 5.41) is 9.35. The fourth-order valence-corrected chi connectivity index (χ4v) is 3.40. The van der Waals surface area contributed by atoms with Crippen molar-refractivity contribution in [3.63, 3.8) is 0 Å². The van der Waals surface area contributed by atoms with Gasteiger partial charge in [0.2, 0.25) is 0 Å². The predicted molar refractivity (Wildman–Crippen MR) is 113 cm³/mol. The van der Waals surface area contributed by atoms with Crippen molar-refractivity contribution in [1.82, 2.24) is 9.97 Å². The fourth-order valence-electron chi connectivity index (χ4n) is 2.75. The van der Waals surface area contributed by atoms with E-state index in [0.717, 1.165) is 0 Å².